The summed E-state index contributed by atoms with van der Waals surface area (Å²) < 4.78 is 23.9. The lowest BCUT2D eigenvalue weighted by atomic mass is 10.1. The zero-order valence-corrected chi connectivity index (χ0v) is 13.0. The highest BCUT2D eigenvalue weighted by Crippen LogP contribution is 2.33. The van der Waals surface area contributed by atoms with E-state index in [-0.39, 0.29) is 23.8 Å². The minimum absolute atomic E-state index is 0.0490. The van der Waals surface area contributed by atoms with Gasteiger partial charge in [0.25, 0.3) is 5.91 Å². The molecule has 0 saturated carbocycles. The molecular formula is C16H18FN3O3. The molecule has 0 aliphatic carbocycles. The van der Waals surface area contributed by atoms with Gasteiger partial charge in [0.05, 0.1) is 19.3 Å². The van der Waals surface area contributed by atoms with Crippen molar-refractivity contribution in [1.29, 1.82) is 0 Å². The van der Waals surface area contributed by atoms with E-state index in [1.165, 1.54) is 25.3 Å². The lowest BCUT2D eigenvalue weighted by molar-refractivity contribution is 0.0684. The van der Waals surface area contributed by atoms with Crippen molar-refractivity contribution in [3.05, 3.63) is 47.8 Å². The molecule has 1 aliphatic rings. The van der Waals surface area contributed by atoms with Gasteiger partial charge in [-0.05, 0) is 18.2 Å². The van der Waals surface area contributed by atoms with Crippen LogP contribution in [0.25, 0.3) is 0 Å². The maximum absolute atomic E-state index is 13.5. The van der Waals surface area contributed by atoms with Crippen LogP contribution in [-0.4, -0.2) is 47.6 Å². The Balaban J connectivity index is 1.90. The molecule has 3 rings (SSSR count). The summed E-state index contributed by atoms with van der Waals surface area (Å²) in [5, 5.41) is 0. The lowest BCUT2D eigenvalue weighted by Crippen LogP contribution is -2.32. The Morgan fingerprint density at radius 2 is 2.26 bits per heavy atom. The molecule has 0 spiro atoms. The Morgan fingerprint density at radius 1 is 1.43 bits per heavy atom. The zero-order chi connectivity index (χ0) is 16.4. The predicted octanol–water partition coefficient (Wildman–Crippen LogP) is 2.16. The van der Waals surface area contributed by atoms with Crippen LogP contribution in [0, 0.1) is 5.82 Å². The van der Waals surface area contributed by atoms with Crippen LogP contribution in [0.5, 0.6) is 5.75 Å². The van der Waals surface area contributed by atoms with Gasteiger partial charge in [-0.25, -0.2) is 9.37 Å². The van der Waals surface area contributed by atoms with Gasteiger partial charge in [-0.2, -0.15) is 0 Å². The van der Waals surface area contributed by atoms with Gasteiger partial charge >= 0.3 is 0 Å². The van der Waals surface area contributed by atoms with E-state index in [9.17, 15) is 9.18 Å². The molecule has 1 aromatic carbocycles. The molecule has 122 valence electrons. The number of aromatic nitrogens is 2. The summed E-state index contributed by atoms with van der Waals surface area (Å²) in [6.45, 7) is 0.459. The number of benzene rings is 1. The molecule has 1 aliphatic heterocycles. The molecule has 1 unspecified atom stereocenters. The number of nitrogens with zero attached hydrogens (tertiary/aromatic N) is 2. The number of methoxy groups -OCH3 is 2. The molecule has 1 amide bonds. The lowest BCUT2D eigenvalue weighted by Gasteiger charge is -2.23. The Bertz CT molecular complexity index is 690. The normalized spacial score (nSPS) is 20.7. The van der Waals surface area contributed by atoms with Gasteiger partial charge in [0.1, 0.15) is 5.82 Å². The van der Waals surface area contributed by atoms with Crippen LogP contribution in [0.2, 0.25) is 0 Å². The number of aromatic amines is 1. The molecule has 7 heteroatoms. The van der Waals surface area contributed by atoms with Crippen molar-refractivity contribution in [1.82, 2.24) is 14.9 Å². The van der Waals surface area contributed by atoms with E-state index in [1.54, 1.807) is 24.4 Å². The monoisotopic (exact) mass is 319 g/mol. The number of ether oxygens (including phenoxy) is 2. The van der Waals surface area contributed by atoms with Crippen LogP contribution in [0.15, 0.2) is 30.6 Å². The van der Waals surface area contributed by atoms with Crippen LogP contribution in [0.3, 0.4) is 0 Å². The fourth-order valence-electron chi connectivity index (χ4n) is 2.87. The summed E-state index contributed by atoms with van der Waals surface area (Å²) in [7, 11) is 2.99. The molecule has 2 aromatic rings. The van der Waals surface area contributed by atoms with E-state index in [4.69, 9.17) is 9.47 Å². The first kappa shape index (κ1) is 15.5. The summed E-state index contributed by atoms with van der Waals surface area (Å²) in [5.41, 5.74) is 0.372. The standard InChI is InChI=1S/C16H18FN3O3/c1-22-11-8-13(15-18-5-6-19-15)20(9-11)16(21)10-3-4-12(17)14(7-10)23-2/h3-7,11,13H,8-9H2,1-2H3,(H,18,19)/t11-,13?/m1/s1. The summed E-state index contributed by atoms with van der Waals surface area (Å²) in [4.78, 5) is 21.8. The topological polar surface area (TPSA) is 67.4 Å². The fourth-order valence-corrected chi connectivity index (χ4v) is 2.87. The molecule has 0 radical (unpaired) electrons. The summed E-state index contributed by atoms with van der Waals surface area (Å²) in [5.74, 6) is 0.0620. The number of halogens is 1. The number of H-pyrrole nitrogens is 1. The van der Waals surface area contributed by atoms with Crippen LogP contribution >= 0.6 is 0 Å². The van der Waals surface area contributed by atoms with Crippen molar-refractivity contribution in [3.8, 4) is 5.75 Å². The third-order valence-corrected chi connectivity index (χ3v) is 4.09. The Labute approximate surface area is 133 Å². The number of carbonyl (C=O) groups excluding carboxylic acids is 1. The molecular weight excluding hydrogens is 301 g/mol. The molecule has 1 aromatic heterocycles. The number of rotatable bonds is 4. The summed E-state index contributed by atoms with van der Waals surface area (Å²) in [6, 6.07) is 3.91. The van der Waals surface area contributed by atoms with Crippen molar-refractivity contribution >= 4 is 5.91 Å². The second-order valence-corrected chi connectivity index (χ2v) is 5.39. The van der Waals surface area contributed by atoms with E-state index in [0.29, 0.717) is 24.4 Å². The number of carbonyl (C=O) groups is 1. The van der Waals surface area contributed by atoms with Crippen LogP contribution < -0.4 is 4.74 Å². The zero-order valence-electron chi connectivity index (χ0n) is 13.0. The number of nitrogens with one attached hydrogen (secondary N) is 1. The largest absolute Gasteiger partial charge is 0.494 e. The van der Waals surface area contributed by atoms with Crippen molar-refractivity contribution in [2.24, 2.45) is 0 Å². The predicted molar refractivity (Wildman–Crippen MR) is 80.7 cm³/mol. The number of amides is 1. The van der Waals surface area contributed by atoms with Crippen molar-refractivity contribution in [2.45, 2.75) is 18.6 Å². The van der Waals surface area contributed by atoms with Gasteiger partial charge in [-0.3, -0.25) is 4.79 Å². The van der Waals surface area contributed by atoms with Crippen molar-refractivity contribution in [3.63, 3.8) is 0 Å². The number of imidazole rings is 1. The quantitative estimate of drug-likeness (QED) is 0.938. The minimum atomic E-state index is -0.497. The highest BCUT2D eigenvalue weighted by Gasteiger charge is 2.38. The molecule has 6 nitrogen and oxygen atoms in total. The Hall–Kier alpha value is -2.41. The highest BCUT2D eigenvalue weighted by atomic mass is 19.1. The number of hydrogen-bond donors (Lipinski definition) is 1. The van der Waals surface area contributed by atoms with E-state index in [2.05, 4.69) is 9.97 Å². The molecule has 1 saturated heterocycles. The van der Waals surface area contributed by atoms with Gasteiger partial charge < -0.3 is 19.4 Å². The van der Waals surface area contributed by atoms with Gasteiger partial charge in [-0.1, -0.05) is 0 Å². The van der Waals surface area contributed by atoms with Gasteiger partial charge in [-0.15, -0.1) is 0 Å². The molecule has 2 atom stereocenters. The number of hydrogen-bond acceptors (Lipinski definition) is 4. The van der Waals surface area contributed by atoms with E-state index in [1.807, 2.05) is 0 Å². The smallest absolute Gasteiger partial charge is 0.254 e. The fraction of sp³-hybridized carbons (Fsp3) is 0.375. The van der Waals surface area contributed by atoms with Crippen LogP contribution in [0.1, 0.15) is 28.6 Å². The van der Waals surface area contributed by atoms with Gasteiger partial charge in [0.2, 0.25) is 0 Å². The minimum Gasteiger partial charge on any atom is -0.494 e. The van der Waals surface area contributed by atoms with E-state index < -0.39 is 5.82 Å². The molecule has 1 N–H and O–H groups in total. The summed E-state index contributed by atoms with van der Waals surface area (Å²) >= 11 is 0. The SMILES string of the molecule is COc1cc(C(=O)N2C[C@H](OC)CC2c2ncc[nH]2)ccc1F. The average molecular weight is 319 g/mol. The Morgan fingerprint density at radius 3 is 2.91 bits per heavy atom. The highest BCUT2D eigenvalue weighted by molar-refractivity contribution is 5.95. The molecule has 0 bridgehead atoms. The molecule has 23 heavy (non-hydrogen) atoms. The van der Waals surface area contributed by atoms with E-state index >= 15 is 0 Å². The first-order chi connectivity index (χ1) is 11.1. The van der Waals surface area contributed by atoms with Crippen molar-refractivity contribution in [2.75, 3.05) is 20.8 Å². The summed E-state index contributed by atoms with van der Waals surface area (Å²) in [6.07, 6.45) is 3.97. The van der Waals surface area contributed by atoms with Crippen molar-refractivity contribution < 1.29 is 18.7 Å². The maximum Gasteiger partial charge on any atom is 0.254 e. The first-order valence-corrected chi connectivity index (χ1v) is 7.30. The average Bonchev–Trinajstić information content (AvgIpc) is 3.23. The van der Waals surface area contributed by atoms with E-state index in [0.717, 1.165) is 0 Å². The second-order valence-electron chi connectivity index (χ2n) is 5.39. The molecule has 2 heterocycles. The Kier molecular flexibility index (Phi) is 4.29. The van der Waals surface area contributed by atoms with Crippen LogP contribution in [0.4, 0.5) is 4.39 Å². The third kappa shape index (κ3) is 2.92. The molecule has 1 fully saturated rings. The first-order valence-electron chi connectivity index (χ1n) is 7.30. The van der Waals surface area contributed by atoms with Crippen LogP contribution in [-0.2, 0) is 4.74 Å². The third-order valence-electron chi connectivity index (χ3n) is 4.09. The second kappa shape index (κ2) is 6.37. The van der Waals surface area contributed by atoms with Gasteiger partial charge in [0, 0.05) is 38.0 Å². The van der Waals surface area contributed by atoms with Gasteiger partial charge in [0.15, 0.2) is 11.6 Å². The number of likely N-dealkylation sites (tertiary alicyclic amines) is 1. The maximum atomic E-state index is 13.5.